The lowest BCUT2D eigenvalue weighted by Crippen LogP contribution is -2.16. The van der Waals surface area contributed by atoms with E-state index >= 15 is 0 Å². The molecule has 0 N–H and O–H groups in total. The second-order valence-electron chi connectivity index (χ2n) is 5.21. The van der Waals surface area contributed by atoms with Crippen LogP contribution in [0.15, 0.2) is 29.8 Å². The van der Waals surface area contributed by atoms with Crippen molar-refractivity contribution in [3.8, 4) is 0 Å². The summed E-state index contributed by atoms with van der Waals surface area (Å²) in [7, 11) is -1.17. The van der Waals surface area contributed by atoms with Crippen LogP contribution >= 0.6 is 0 Å². The molecule has 102 valence electrons. The summed E-state index contributed by atoms with van der Waals surface area (Å²) in [5.41, 5.74) is 2.84. The Hall–Kier alpha value is -1.82. The average molecular weight is 286 g/mol. The smallest absolute Gasteiger partial charge is 0.218 e. The van der Waals surface area contributed by atoms with Crippen LogP contribution in [0.25, 0.3) is 21.9 Å². The van der Waals surface area contributed by atoms with E-state index in [0.29, 0.717) is 11.2 Å². The van der Waals surface area contributed by atoms with Gasteiger partial charge in [-0.2, -0.15) is 0 Å². The van der Waals surface area contributed by atoms with E-state index in [0.717, 1.165) is 21.9 Å². The van der Waals surface area contributed by atoms with E-state index in [1.807, 2.05) is 18.5 Å². The number of fused-ring (bicyclic) bond motifs is 3. The van der Waals surface area contributed by atoms with Crippen molar-refractivity contribution < 1.29 is 4.21 Å². The summed E-state index contributed by atoms with van der Waals surface area (Å²) in [5, 5.41) is 1.35. The first kappa shape index (κ1) is 12.0. The summed E-state index contributed by atoms with van der Waals surface area (Å²) in [6.07, 6.45) is 8.91. The van der Waals surface area contributed by atoms with Crippen LogP contribution in [0.1, 0.15) is 25.3 Å². The summed E-state index contributed by atoms with van der Waals surface area (Å²) in [6.45, 7) is 0. The molecule has 1 saturated carbocycles. The standard InChI is InChI=1S/C14H14N4OS/c1-20(19)14-15-7-9-5-6-11-13(12(9)17-14)18(8-16-11)10-3-2-4-10/h5-8,10H,2-4H2,1H3. The highest BCUT2D eigenvalue weighted by molar-refractivity contribution is 7.84. The van der Waals surface area contributed by atoms with Crippen molar-refractivity contribution in [2.24, 2.45) is 0 Å². The summed E-state index contributed by atoms with van der Waals surface area (Å²) in [4.78, 5) is 13.1. The molecular weight excluding hydrogens is 272 g/mol. The molecule has 3 aromatic rings. The predicted molar refractivity (Wildman–Crippen MR) is 78.0 cm³/mol. The van der Waals surface area contributed by atoms with Crippen LogP contribution in [0.4, 0.5) is 0 Å². The number of benzene rings is 1. The minimum Gasteiger partial charge on any atom is -0.326 e. The number of hydrogen-bond donors (Lipinski definition) is 0. The van der Waals surface area contributed by atoms with Gasteiger partial charge in [0.1, 0.15) is 5.52 Å². The van der Waals surface area contributed by atoms with Gasteiger partial charge in [-0.3, -0.25) is 4.21 Å². The highest BCUT2D eigenvalue weighted by atomic mass is 32.2. The third-order valence-electron chi connectivity index (χ3n) is 3.99. The van der Waals surface area contributed by atoms with Crippen molar-refractivity contribution in [2.45, 2.75) is 30.5 Å². The van der Waals surface area contributed by atoms with Gasteiger partial charge in [0, 0.05) is 23.9 Å². The van der Waals surface area contributed by atoms with Crippen LogP contribution in [0.3, 0.4) is 0 Å². The Morgan fingerprint density at radius 2 is 2.15 bits per heavy atom. The lowest BCUT2D eigenvalue weighted by Gasteiger charge is -2.27. The topological polar surface area (TPSA) is 60.7 Å². The average Bonchev–Trinajstić information content (AvgIpc) is 2.80. The normalized spacial score (nSPS) is 17.4. The lowest BCUT2D eigenvalue weighted by molar-refractivity contribution is 0.320. The van der Waals surface area contributed by atoms with Gasteiger partial charge in [-0.05, 0) is 31.4 Å². The first-order valence-electron chi connectivity index (χ1n) is 6.70. The van der Waals surface area contributed by atoms with Crippen LogP contribution in [-0.2, 0) is 10.8 Å². The lowest BCUT2D eigenvalue weighted by atomic mass is 9.93. The molecule has 0 radical (unpaired) electrons. The second kappa shape index (κ2) is 4.34. The van der Waals surface area contributed by atoms with Crippen LogP contribution < -0.4 is 0 Å². The molecule has 20 heavy (non-hydrogen) atoms. The second-order valence-corrected chi connectivity index (χ2v) is 6.49. The molecule has 1 aromatic carbocycles. The van der Waals surface area contributed by atoms with Crippen LogP contribution in [0.2, 0.25) is 0 Å². The van der Waals surface area contributed by atoms with E-state index < -0.39 is 10.8 Å². The molecule has 6 heteroatoms. The molecule has 2 aromatic heterocycles. The largest absolute Gasteiger partial charge is 0.326 e. The van der Waals surface area contributed by atoms with Crippen LogP contribution in [-0.4, -0.2) is 30.0 Å². The fourth-order valence-corrected chi connectivity index (χ4v) is 3.10. The van der Waals surface area contributed by atoms with Gasteiger partial charge < -0.3 is 4.57 Å². The first-order chi connectivity index (χ1) is 9.74. The zero-order valence-electron chi connectivity index (χ0n) is 11.1. The fourth-order valence-electron chi connectivity index (χ4n) is 2.68. The molecule has 0 amide bonds. The number of hydrogen-bond acceptors (Lipinski definition) is 4. The van der Waals surface area contributed by atoms with E-state index in [1.54, 1.807) is 12.5 Å². The quantitative estimate of drug-likeness (QED) is 0.679. The third kappa shape index (κ3) is 1.67. The molecule has 2 heterocycles. The number of aromatic nitrogens is 4. The maximum Gasteiger partial charge on any atom is 0.218 e. The monoisotopic (exact) mass is 286 g/mol. The van der Waals surface area contributed by atoms with Crippen molar-refractivity contribution in [2.75, 3.05) is 6.26 Å². The van der Waals surface area contributed by atoms with Gasteiger partial charge in [-0.25, -0.2) is 15.0 Å². The number of nitrogens with zero attached hydrogens (tertiary/aromatic N) is 4. The molecule has 0 saturated heterocycles. The Morgan fingerprint density at radius 1 is 1.30 bits per heavy atom. The van der Waals surface area contributed by atoms with Gasteiger partial charge in [0.2, 0.25) is 5.16 Å². The molecule has 1 aliphatic rings. The summed E-state index contributed by atoms with van der Waals surface area (Å²) >= 11 is 0. The Balaban J connectivity index is 2.06. The summed E-state index contributed by atoms with van der Waals surface area (Å²) in [5.74, 6) is 0. The maximum absolute atomic E-state index is 11.6. The molecule has 1 unspecified atom stereocenters. The molecule has 1 aliphatic carbocycles. The van der Waals surface area contributed by atoms with Gasteiger partial charge in [0.25, 0.3) is 0 Å². The van der Waals surface area contributed by atoms with Gasteiger partial charge in [-0.15, -0.1) is 0 Å². The highest BCUT2D eigenvalue weighted by Crippen LogP contribution is 2.35. The van der Waals surface area contributed by atoms with Gasteiger partial charge >= 0.3 is 0 Å². The van der Waals surface area contributed by atoms with Crippen molar-refractivity contribution in [1.29, 1.82) is 0 Å². The van der Waals surface area contributed by atoms with Gasteiger partial charge in [0.15, 0.2) is 0 Å². The number of rotatable bonds is 2. The summed E-state index contributed by atoms with van der Waals surface area (Å²) in [6, 6.07) is 4.49. The van der Waals surface area contributed by atoms with Crippen molar-refractivity contribution in [3.63, 3.8) is 0 Å². The molecule has 4 rings (SSSR count). The van der Waals surface area contributed by atoms with E-state index in [4.69, 9.17) is 0 Å². The molecule has 0 bridgehead atoms. The van der Waals surface area contributed by atoms with Crippen LogP contribution in [0.5, 0.6) is 0 Å². The van der Waals surface area contributed by atoms with E-state index in [-0.39, 0.29) is 0 Å². The molecule has 1 atom stereocenters. The van der Waals surface area contributed by atoms with E-state index in [9.17, 15) is 4.21 Å². The van der Waals surface area contributed by atoms with Gasteiger partial charge in [0.05, 0.1) is 28.2 Å². The van der Waals surface area contributed by atoms with Crippen LogP contribution in [0, 0.1) is 0 Å². The molecule has 5 nitrogen and oxygen atoms in total. The van der Waals surface area contributed by atoms with Gasteiger partial charge in [-0.1, -0.05) is 0 Å². The zero-order chi connectivity index (χ0) is 13.7. The van der Waals surface area contributed by atoms with E-state index in [1.165, 1.54) is 19.3 Å². The predicted octanol–water partition coefficient (Wildman–Crippen LogP) is 2.44. The molecule has 0 spiro atoms. The third-order valence-corrected chi connectivity index (χ3v) is 4.70. The SMILES string of the molecule is CS(=O)c1ncc2ccc3ncn(C4CCC4)c3c2n1. The Morgan fingerprint density at radius 3 is 2.85 bits per heavy atom. The molecule has 0 aliphatic heterocycles. The molecule has 1 fully saturated rings. The van der Waals surface area contributed by atoms with Crippen molar-refractivity contribution >= 4 is 32.7 Å². The van der Waals surface area contributed by atoms with Crippen molar-refractivity contribution in [1.82, 2.24) is 19.5 Å². The highest BCUT2D eigenvalue weighted by Gasteiger charge is 2.22. The minimum atomic E-state index is -1.17. The maximum atomic E-state index is 11.6. The van der Waals surface area contributed by atoms with Crippen molar-refractivity contribution in [3.05, 3.63) is 24.7 Å². The Bertz CT molecular complexity index is 838. The summed E-state index contributed by atoms with van der Waals surface area (Å²) < 4.78 is 13.8. The molecular formula is C14H14N4OS. The zero-order valence-corrected chi connectivity index (χ0v) is 11.9. The number of imidazole rings is 1. The fraction of sp³-hybridized carbons (Fsp3) is 0.357. The first-order valence-corrected chi connectivity index (χ1v) is 8.25. The van der Waals surface area contributed by atoms with E-state index in [2.05, 4.69) is 19.5 Å². The minimum absolute atomic E-state index is 0.381. The Kier molecular flexibility index (Phi) is 2.60. The Labute approximate surface area is 118 Å².